The van der Waals surface area contributed by atoms with Crippen molar-refractivity contribution in [2.75, 3.05) is 20.3 Å². The minimum absolute atomic E-state index is 0.0342. The number of allylic oxidation sites excluding steroid dienone is 1. The molecule has 0 spiro atoms. The summed E-state index contributed by atoms with van der Waals surface area (Å²) in [5.74, 6) is 2.01. The van der Waals surface area contributed by atoms with Gasteiger partial charge in [-0.3, -0.25) is 4.79 Å². The lowest BCUT2D eigenvalue weighted by Gasteiger charge is -2.18. The van der Waals surface area contributed by atoms with Crippen molar-refractivity contribution in [3.05, 3.63) is 102 Å². The molecule has 1 unspecified atom stereocenters. The zero-order valence-electron chi connectivity index (χ0n) is 20.9. The smallest absolute Gasteiger partial charge is 0.223 e. The van der Waals surface area contributed by atoms with Gasteiger partial charge < -0.3 is 18.9 Å². The molecule has 37 heavy (non-hydrogen) atoms. The van der Waals surface area contributed by atoms with Gasteiger partial charge in [0.15, 0.2) is 11.5 Å². The van der Waals surface area contributed by atoms with Gasteiger partial charge >= 0.3 is 0 Å². The van der Waals surface area contributed by atoms with Crippen LogP contribution in [0.25, 0.3) is 11.0 Å². The van der Waals surface area contributed by atoms with Crippen molar-refractivity contribution < 1.29 is 18.7 Å². The van der Waals surface area contributed by atoms with Crippen LogP contribution in [0.15, 0.2) is 79.4 Å². The van der Waals surface area contributed by atoms with Gasteiger partial charge in [-0.2, -0.15) is 0 Å². The highest BCUT2D eigenvalue weighted by molar-refractivity contribution is 5.81. The first-order valence-electron chi connectivity index (χ1n) is 12.4. The Labute approximate surface area is 215 Å². The summed E-state index contributed by atoms with van der Waals surface area (Å²) in [6, 6.07) is 20.2. The van der Waals surface area contributed by atoms with E-state index in [0.29, 0.717) is 44.2 Å². The molecule has 1 aromatic heterocycles. The number of aromatic nitrogens is 2. The van der Waals surface area contributed by atoms with Crippen molar-refractivity contribution in [1.29, 1.82) is 0 Å². The van der Waals surface area contributed by atoms with Crippen LogP contribution in [0.3, 0.4) is 0 Å². The average molecular weight is 500 g/mol. The van der Waals surface area contributed by atoms with Gasteiger partial charge in [-0.15, -0.1) is 6.58 Å². The van der Waals surface area contributed by atoms with Gasteiger partial charge in [-0.25, -0.2) is 9.37 Å². The molecular formula is C30H30FN3O3. The van der Waals surface area contributed by atoms with E-state index in [1.54, 1.807) is 19.2 Å². The third-order valence-corrected chi connectivity index (χ3v) is 6.73. The number of hydrogen-bond acceptors (Lipinski definition) is 4. The van der Waals surface area contributed by atoms with Crippen molar-refractivity contribution in [2.24, 2.45) is 0 Å². The lowest BCUT2D eigenvalue weighted by atomic mass is 10.1. The summed E-state index contributed by atoms with van der Waals surface area (Å²) in [7, 11) is 1.64. The topological polar surface area (TPSA) is 56.6 Å². The Morgan fingerprint density at radius 1 is 1.08 bits per heavy atom. The van der Waals surface area contributed by atoms with Crippen LogP contribution in [-0.2, 0) is 24.3 Å². The Morgan fingerprint density at radius 3 is 2.65 bits per heavy atom. The molecule has 3 aromatic carbocycles. The minimum Gasteiger partial charge on any atom is -0.493 e. The van der Waals surface area contributed by atoms with E-state index in [0.717, 1.165) is 34.4 Å². The summed E-state index contributed by atoms with van der Waals surface area (Å²) < 4.78 is 27.1. The molecule has 1 fully saturated rings. The molecule has 7 heteroatoms. The number of carbonyl (C=O) groups excluding carboxylic acids is 1. The number of rotatable bonds is 10. The number of imidazole rings is 1. The molecule has 0 aliphatic carbocycles. The maximum atomic E-state index is 13.3. The lowest BCUT2D eigenvalue weighted by Crippen LogP contribution is -2.24. The van der Waals surface area contributed by atoms with Gasteiger partial charge in [0, 0.05) is 25.4 Å². The van der Waals surface area contributed by atoms with Gasteiger partial charge in [0.2, 0.25) is 5.91 Å². The maximum Gasteiger partial charge on any atom is 0.223 e. The van der Waals surface area contributed by atoms with Gasteiger partial charge in [0.25, 0.3) is 0 Å². The fraction of sp³-hybridized carbons (Fsp3) is 0.267. The van der Waals surface area contributed by atoms with E-state index in [-0.39, 0.29) is 17.6 Å². The van der Waals surface area contributed by atoms with Crippen LogP contribution in [-0.4, -0.2) is 40.6 Å². The molecule has 1 saturated heterocycles. The van der Waals surface area contributed by atoms with Crippen LogP contribution in [0.2, 0.25) is 0 Å². The zero-order valence-corrected chi connectivity index (χ0v) is 20.9. The molecule has 190 valence electrons. The molecule has 1 amide bonds. The number of fused-ring (bicyclic) bond motifs is 1. The highest BCUT2D eigenvalue weighted by atomic mass is 19.1. The standard InChI is InChI=1S/C30H30FN3O3/c1-3-6-21-11-14-27(28(17-21)36-2)37-16-15-34-26-8-5-4-7-25(26)32-30(34)23-18-29(35)33(20-23)19-22-9-12-24(31)13-10-22/h3-5,7-14,17,23H,1,6,15-16,18-20H2,2H3. The molecular weight excluding hydrogens is 469 g/mol. The molecule has 6 nitrogen and oxygen atoms in total. The molecule has 2 heterocycles. The van der Waals surface area contributed by atoms with Crippen LogP contribution >= 0.6 is 0 Å². The third-order valence-electron chi connectivity index (χ3n) is 6.73. The number of methoxy groups -OCH3 is 1. The molecule has 0 N–H and O–H groups in total. The summed E-state index contributed by atoms with van der Waals surface area (Å²) in [4.78, 5) is 19.6. The summed E-state index contributed by atoms with van der Waals surface area (Å²) >= 11 is 0. The Morgan fingerprint density at radius 2 is 1.86 bits per heavy atom. The highest BCUT2D eigenvalue weighted by Gasteiger charge is 2.34. The van der Waals surface area contributed by atoms with Gasteiger partial charge in [0.1, 0.15) is 18.2 Å². The largest absolute Gasteiger partial charge is 0.493 e. The minimum atomic E-state index is -0.282. The predicted octanol–water partition coefficient (Wildman–Crippen LogP) is 5.51. The Balaban J connectivity index is 1.33. The summed E-state index contributed by atoms with van der Waals surface area (Å²) in [6.45, 7) is 5.82. The second kappa shape index (κ2) is 10.9. The molecule has 4 aromatic rings. The number of benzene rings is 3. The Kier molecular flexibility index (Phi) is 7.21. The number of nitrogens with zero attached hydrogens (tertiary/aromatic N) is 3. The van der Waals surface area contributed by atoms with Crippen LogP contribution in [0, 0.1) is 5.82 Å². The number of likely N-dealkylation sites (tertiary alicyclic amines) is 1. The highest BCUT2D eigenvalue weighted by Crippen LogP contribution is 2.32. The van der Waals surface area contributed by atoms with Crippen molar-refractivity contribution in [3.63, 3.8) is 0 Å². The van der Waals surface area contributed by atoms with E-state index in [4.69, 9.17) is 14.5 Å². The van der Waals surface area contributed by atoms with E-state index >= 15 is 0 Å². The van der Waals surface area contributed by atoms with E-state index in [9.17, 15) is 9.18 Å². The third kappa shape index (κ3) is 5.35. The Bertz CT molecular complexity index is 1410. The molecule has 0 radical (unpaired) electrons. The first kappa shape index (κ1) is 24.6. The van der Waals surface area contributed by atoms with Crippen LogP contribution in [0.4, 0.5) is 4.39 Å². The summed E-state index contributed by atoms with van der Waals surface area (Å²) in [6.07, 6.45) is 3.01. The molecule has 1 atom stereocenters. The molecule has 0 saturated carbocycles. The zero-order chi connectivity index (χ0) is 25.8. The second-order valence-electron chi connectivity index (χ2n) is 9.24. The van der Waals surface area contributed by atoms with E-state index < -0.39 is 0 Å². The molecule has 0 bridgehead atoms. The monoisotopic (exact) mass is 499 g/mol. The quantitative estimate of drug-likeness (QED) is 0.270. The number of ether oxygens (including phenoxy) is 2. The summed E-state index contributed by atoms with van der Waals surface area (Å²) in [5, 5.41) is 0. The van der Waals surface area contributed by atoms with Crippen molar-refractivity contribution in [3.8, 4) is 11.5 Å². The summed E-state index contributed by atoms with van der Waals surface area (Å²) in [5.41, 5.74) is 3.93. The SMILES string of the molecule is C=CCc1ccc(OCCn2c(C3CC(=O)N(Cc4ccc(F)cc4)C3)nc3ccccc32)c(OC)c1. The van der Waals surface area contributed by atoms with Crippen LogP contribution in [0.5, 0.6) is 11.5 Å². The maximum absolute atomic E-state index is 13.3. The number of carbonyl (C=O) groups is 1. The van der Waals surface area contributed by atoms with Gasteiger partial charge in [0.05, 0.1) is 24.7 Å². The first-order chi connectivity index (χ1) is 18.1. The average Bonchev–Trinajstić information content (AvgIpc) is 3.46. The van der Waals surface area contributed by atoms with E-state index in [1.165, 1.54) is 12.1 Å². The predicted molar refractivity (Wildman–Crippen MR) is 141 cm³/mol. The molecule has 1 aliphatic rings. The number of halogens is 1. The van der Waals surface area contributed by atoms with Gasteiger partial charge in [-0.1, -0.05) is 36.4 Å². The normalized spacial score (nSPS) is 15.4. The number of hydrogen-bond donors (Lipinski definition) is 0. The molecule has 5 rings (SSSR count). The fourth-order valence-corrected chi connectivity index (χ4v) is 4.92. The van der Waals surface area contributed by atoms with Crippen molar-refractivity contribution in [2.45, 2.75) is 31.8 Å². The van der Waals surface area contributed by atoms with E-state index in [1.807, 2.05) is 53.4 Å². The van der Waals surface area contributed by atoms with Crippen LogP contribution in [0.1, 0.15) is 29.3 Å². The van der Waals surface area contributed by atoms with Crippen molar-refractivity contribution >= 4 is 16.9 Å². The van der Waals surface area contributed by atoms with Crippen LogP contribution < -0.4 is 9.47 Å². The van der Waals surface area contributed by atoms with E-state index in [2.05, 4.69) is 11.1 Å². The Hall–Kier alpha value is -4.13. The number of amides is 1. The second-order valence-corrected chi connectivity index (χ2v) is 9.24. The fourth-order valence-electron chi connectivity index (χ4n) is 4.92. The first-order valence-corrected chi connectivity index (χ1v) is 12.4. The van der Waals surface area contributed by atoms with Crippen molar-refractivity contribution in [1.82, 2.24) is 14.5 Å². The lowest BCUT2D eigenvalue weighted by molar-refractivity contribution is -0.128. The number of para-hydroxylation sites is 2. The van der Waals surface area contributed by atoms with Gasteiger partial charge in [-0.05, 0) is 53.9 Å². The molecule has 1 aliphatic heterocycles.